The number of carbonyl (C=O) groups excluding carboxylic acids is 1. The zero-order valence-corrected chi connectivity index (χ0v) is 18.5. The molecule has 1 amide bonds. The summed E-state index contributed by atoms with van der Waals surface area (Å²) in [5.74, 6) is 0.979. The van der Waals surface area contributed by atoms with Crippen LogP contribution in [0.5, 0.6) is 5.75 Å². The average Bonchev–Trinajstić information content (AvgIpc) is 3.12. The van der Waals surface area contributed by atoms with E-state index in [1.807, 2.05) is 66.5 Å². The van der Waals surface area contributed by atoms with E-state index in [1.165, 1.54) is 11.3 Å². The van der Waals surface area contributed by atoms with Crippen molar-refractivity contribution < 1.29 is 9.53 Å². The Bertz CT molecular complexity index is 1050. The molecule has 6 heteroatoms. The molecule has 2 aromatic carbocycles. The van der Waals surface area contributed by atoms with Crippen molar-refractivity contribution in [3.8, 4) is 16.9 Å². The van der Waals surface area contributed by atoms with E-state index in [1.54, 1.807) is 7.11 Å². The molecule has 0 spiro atoms. The van der Waals surface area contributed by atoms with Crippen LogP contribution in [0.3, 0.4) is 0 Å². The van der Waals surface area contributed by atoms with E-state index >= 15 is 0 Å². The highest BCUT2D eigenvalue weighted by atomic mass is 16.5. The van der Waals surface area contributed by atoms with Crippen LogP contribution in [0, 0.1) is 12.8 Å². The van der Waals surface area contributed by atoms with Crippen LogP contribution in [0.25, 0.3) is 11.1 Å². The van der Waals surface area contributed by atoms with Crippen LogP contribution in [0.15, 0.2) is 54.7 Å². The maximum atomic E-state index is 12.9. The molecule has 31 heavy (non-hydrogen) atoms. The van der Waals surface area contributed by atoms with Crippen molar-refractivity contribution in [2.24, 2.45) is 13.0 Å². The molecule has 0 atom stereocenters. The minimum Gasteiger partial charge on any atom is -0.497 e. The SMILES string of the molecule is COc1cccc(-c2cccc(NC(=O)C3CCN(Cc4cnn(C)c4C)CC3)c2)c1. The fraction of sp³-hybridized carbons (Fsp3) is 0.360. The van der Waals surface area contributed by atoms with Gasteiger partial charge in [-0.2, -0.15) is 5.10 Å². The number of methoxy groups -OCH3 is 1. The topological polar surface area (TPSA) is 59.4 Å². The van der Waals surface area contributed by atoms with Gasteiger partial charge in [0, 0.05) is 36.5 Å². The number of aromatic nitrogens is 2. The zero-order valence-electron chi connectivity index (χ0n) is 18.5. The van der Waals surface area contributed by atoms with E-state index in [4.69, 9.17) is 4.74 Å². The van der Waals surface area contributed by atoms with Gasteiger partial charge in [0.15, 0.2) is 0 Å². The van der Waals surface area contributed by atoms with Crippen LogP contribution >= 0.6 is 0 Å². The molecule has 0 radical (unpaired) electrons. The second kappa shape index (κ2) is 9.35. The van der Waals surface area contributed by atoms with Crippen molar-refractivity contribution in [3.05, 3.63) is 66.0 Å². The Morgan fingerprint density at radius 2 is 1.84 bits per heavy atom. The molecule has 162 valence electrons. The smallest absolute Gasteiger partial charge is 0.227 e. The third kappa shape index (κ3) is 4.97. The summed E-state index contributed by atoms with van der Waals surface area (Å²) in [6.45, 7) is 4.85. The fourth-order valence-electron chi connectivity index (χ4n) is 4.12. The number of hydrogen-bond donors (Lipinski definition) is 1. The van der Waals surface area contributed by atoms with Gasteiger partial charge in [-0.15, -0.1) is 0 Å². The normalized spacial score (nSPS) is 15.1. The van der Waals surface area contributed by atoms with Crippen LogP contribution < -0.4 is 10.1 Å². The predicted octanol–water partition coefficient (Wildman–Crippen LogP) is 4.25. The van der Waals surface area contributed by atoms with E-state index in [2.05, 4.69) is 22.2 Å². The number of rotatable bonds is 6. The summed E-state index contributed by atoms with van der Waals surface area (Å²) < 4.78 is 7.24. The molecule has 0 unspecified atom stereocenters. The number of ether oxygens (including phenoxy) is 1. The highest BCUT2D eigenvalue weighted by molar-refractivity contribution is 5.93. The highest BCUT2D eigenvalue weighted by Crippen LogP contribution is 2.27. The minimum absolute atomic E-state index is 0.0479. The van der Waals surface area contributed by atoms with Crippen molar-refractivity contribution in [3.63, 3.8) is 0 Å². The van der Waals surface area contributed by atoms with Crippen molar-refractivity contribution in [2.75, 3.05) is 25.5 Å². The van der Waals surface area contributed by atoms with Crippen molar-refractivity contribution in [1.29, 1.82) is 0 Å². The lowest BCUT2D eigenvalue weighted by molar-refractivity contribution is -0.121. The van der Waals surface area contributed by atoms with Gasteiger partial charge in [-0.3, -0.25) is 14.4 Å². The van der Waals surface area contributed by atoms with E-state index in [9.17, 15) is 4.79 Å². The van der Waals surface area contributed by atoms with Gasteiger partial charge >= 0.3 is 0 Å². The lowest BCUT2D eigenvalue weighted by Crippen LogP contribution is -2.37. The molecule has 2 heterocycles. The number of carbonyl (C=O) groups is 1. The van der Waals surface area contributed by atoms with Crippen LogP contribution in [0.4, 0.5) is 5.69 Å². The van der Waals surface area contributed by atoms with Gasteiger partial charge in [0.2, 0.25) is 5.91 Å². The number of nitrogens with one attached hydrogen (secondary N) is 1. The predicted molar refractivity (Wildman–Crippen MR) is 123 cm³/mol. The Morgan fingerprint density at radius 1 is 1.13 bits per heavy atom. The first-order valence-corrected chi connectivity index (χ1v) is 10.8. The van der Waals surface area contributed by atoms with Crippen molar-refractivity contribution in [1.82, 2.24) is 14.7 Å². The summed E-state index contributed by atoms with van der Waals surface area (Å²) in [6.07, 6.45) is 3.70. The van der Waals surface area contributed by atoms with E-state index in [-0.39, 0.29) is 11.8 Å². The van der Waals surface area contributed by atoms with E-state index < -0.39 is 0 Å². The number of anilines is 1. The molecule has 0 saturated carbocycles. The molecule has 1 fully saturated rings. The number of piperidine rings is 1. The lowest BCUT2D eigenvalue weighted by Gasteiger charge is -2.31. The Labute approximate surface area is 183 Å². The molecule has 1 aliphatic heterocycles. The second-order valence-electron chi connectivity index (χ2n) is 8.23. The first-order valence-electron chi connectivity index (χ1n) is 10.8. The van der Waals surface area contributed by atoms with Gasteiger partial charge < -0.3 is 10.1 Å². The first-order chi connectivity index (χ1) is 15.0. The number of likely N-dealkylation sites (tertiary alicyclic amines) is 1. The first kappa shape index (κ1) is 21.1. The minimum atomic E-state index is 0.0479. The van der Waals surface area contributed by atoms with Gasteiger partial charge in [0.05, 0.1) is 13.3 Å². The van der Waals surface area contributed by atoms with Gasteiger partial charge in [0.1, 0.15) is 5.75 Å². The van der Waals surface area contributed by atoms with Crippen LogP contribution in [-0.4, -0.2) is 40.8 Å². The largest absolute Gasteiger partial charge is 0.497 e. The monoisotopic (exact) mass is 418 g/mol. The zero-order chi connectivity index (χ0) is 21.8. The van der Waals surface area contributed by atoms with Gasteiger partial charge in [-0.1, -0.05) is 24.3 Å². The summed E-state index contributed by atoms with van der Waals surface area (Å²) >= 11 is 0. The highest BCUT2D eigenvalue weighted by Gasteiger charge is 2.25. The molecule has 0 bridgehead atoms. The Kier molecular flexibility index (Phi) is 6.37. The molecule has 1 N–H and O–H groups in total. The quantitative estimate of drug-likeness (QED) is 0.650. The average molecular weight is 419 g/mol. The maximum Gasteiger partial charge on any atom is 0.227 e. The van der Waals surface area contributed by atoms with E-state index in [0.29, 0.717) is 0 Å². The maximum absolute atomic E-state index is 12.9. The van der Waals surface area contributed by atoms with Crippen molar-refractivity contribution >= 4 is 11.6 Å². The van der Waals surface area contributed by atoms with Gasteiger partial charge in [-0.05, 0) is 68.2 Å². The molecular weight excluding hydrogens is 388 g/mol. The van der Waals surface area contributed by atoms with Crippen LogP contribution in [-0.2, 0) is 18.4 Å². The molecular formula is C25H30N4O2. The van der Waals surface area contributed by atoms with Crippen molar-refractivity contribution in [2.45, 2.75) is 26.3 Å². The summed E-state index contributed by atoms with van der Waals surface area (Å²) in [6, 6.07) is 15.9. The Balaban J connectivity index is 1.34. The number of aryl methyl sites for hydroxylation is 1. The standard InChI is InChI=1S/C25H30N4O2/c1-18-22(16-26-28(18)2)17-29-12-10-19(11-13-29)25(30)27-23-8-4-6-20(14-23)21-7-5-9-24(15-21)31-3/h4-9,14-16,19H,10-13,17H2,1-3H3,(H,27,30). The molecule has 3 aromatic rings. The summed E-state index contributed by atoms with van der Waals surface area (Å²) in [4.78, 5) is 15.3. The second-order valence-corrected chi connectivity index (χ2v) is 8.23. The molecule has 1 saturated heterocycles. The van der Waals surface area contributed by atoms with Gasteiger partial charge in [0.25, 0.3) is 0 Å². The Hall–Kier alpha value is -3.12. The molecule has 1 aromatic heterocycles. The summed E-state index contributed by atoms with van der Waals surface area (Å²) in [7, 11) is 3.64. The fourth-order valence-corrected chi connectivity index (χ4v) is 4.12. The molecule has 1 aliphatic rings. The molecule has 4 rings (SSSR count). The summed E-state index contributed by atoms with van der Waals surface area (Å²) in [5.41, 5.74) is 5.42. The summed E-state index contributed by atoms with van der Waals surface area (Å²) in [5, 5.41) is 7.45. The molecule has 0 aliphatic carbocycles. The number of hydrogen-bond acceptors (Lipinski definition) is 4. The third-order valence-corrected chi connectivity index (χ3v) is 6.22. The number of amides is 1. The third-order valence-electron chi connectivity index (χ3n) is 6.22. The van der Waals surface area contributed by atoms with E-state index in [0.717, 1.165) is 55.0 Å². The Morgan fingerprint density at radius 3 is 2.52 bits per heavy atom. The van der Waals surface area contributed by atoms with Crippen LogP contribution in [0.1, 0.15) is 24.1 Å². The van der Waals surface area contributed by atoms with Crippen LogP contribution in [0.2, 0.25) is 0 Å². The number of benzene rings is 2. The molecule has 6 nitrogen and oxygen atoms in total. The lowest BCUT2D eigenvalue weighted by atomic mass is 9.95. The number of nitrogens with zero attached hydrogens (tertiary/aromatic N) is 3. The van der Waals surface area contributed by atoms with Gasteiger partial charge in [-0.25, -0.2) is 0 Å².